The monoisotopic (exact) mass is 292 g/mol. The van der Waals surface area contributed by atoms with Crippen LogP contribution in [0.15, 0.2) is 72.3 Å². The normalized spacial score (nSPS) is 11.2. The average molecular weight is 292 g/mol. The molecule has 0 heterocycles. The highest BCUT2D eigenvalue weighted by molar-refractivity contribution is 6.06. The zero-order valence-electron chi connectivity index (χ0n) is 11.7. The molecular formula is C18H13FN2O. The minimum Gasteiger partial charge on any atom is -0.321 e. The van der Waals surface area contributed by atoms with Gasteiger partial charge in [0.2, 0.25) is 0 Å². The molecule has 0 saturated heterocycles. The van der Waals surface area contributed by atoms with Gasteiger partial charge >= 0.3 is 0 Å². The Hall–Kier alpha value is -3.19. The van der Waals surface area contributed by atoms with Crippen LogP contribution in [-0.4, -0.2) is 5.91 Å². The lowest BCUT2D eigenvalue weighted by molar-refractivity contribution is -0.112. The van der Waals surface area contributed by atoms with E-state index in [2.05, 4.69) is 5.32 Å². The van der Waals surface area contributed by atoms with Crippen LogP contribution in [-0.2, 0) is 4.79 Å². The van der Waals surface area contributed by atoms with E-state index >= 15 is 0 Å². The Morgan fingerprint density at radius 1 is 1.09 bits per heavy atom. The number of nitrogens with one attached hydrogen (secondary N) is 1. The summed E-state index contributed by atoms with van der Waals surface area (Å²) in [6.07, 6.45) is 4.87. The van der Waals surface area contributed by atoms with Crippen molar-refractivity contribution in [3.8, 4) is 6.07 Å². The number of carbonyl (C=O) groups excluding carboxylic acids is 1. The lowest BCUT2D eigenvalue weighted by Crippen LogP contribution is -2.13. The molecule has 0 spiro atoms. The first-order valence-electron chi connectivity index (χ1n) is 6.59. The lowest BCUT2D eigenvalue weighted by atomic mass is 10.2. The smallest absolute Gasteiger partial charge is 0.266 e. The quantitative estimate of drug-likeness (QED) is 0.527. The van der Waals surface area contributed by atoms with Gasteiger partial charge in [-0.25, -0.2) is 4.39 Å². The Kier molecular flexibility index (Phi) is 5.22. The maximum absolute atomic E-state index is 12.8. The van der Waals surface area contributed by atoms with Gasteiger partial charge in [0.15, 0.2) is 0 Å². The van der Waals surface area contributed by atoms with E-state index in [4.69, 9.17) is 5.26 Å². The van der Waals surface area contributed by atoms with Crippen LogP contribution in [0.3, 0.4) is 0 Å². The molecule has 2 rings (SSSR count). The molecule has 0 saturated carbocycles. The van der Waals surface area contributed by atoms with Crippen LogP contribution < -0.4 is 5.32 Å². The fourth-order valence-corrected chi connectivity index (χ4v) is 1.71. The van der Waals surface area contributed by atoms with Gasteiger partial charge in [0.05, 0.1) is 0 Å². The van der Waals surface area contributed by atoms with Crippen molar-refractivity contribution in [1.29, 1.82) is 5.26 Å². The van der Waals surface area contributed by atoms with Crippen molar-refractivity contribution in [2.24, 2.45) is 0 Å². The number of anilines is 1. The minimum atomic E-state index is -0.535. The summed E-state index contributed by atoms with van der Waals surface area (Å²) >= 11 is 0. The standard InChI is InChI=1S/C18H13FN2O/c19-16-9-11-17(12-10-16)21-18(22)15(13-20)8-4-7-14-5-2-1-3-6-14/h1-12H,(H,21,22)/b7-4+,15-8+. The molecule has 3 nitrogen and oxygen atoms in total. The number of nitriles is 1. The molecule has 0 radical (unpaired) electrons. The van der Waals surface area contributed by atoms with E-state index in [1.54, 1.807) is 12.2 Å². The number of halogens is 1. The molecule has 22 heavy (non-hydrogen) atoms. The van der Waals surface area contributed by atoms with Crippen molar-refractivity contribution < 1.29 is 9.18 Å². The summed E-state index contributed by atoms with van der Waals surface area (Å²) in [5.41, 5.74) is 1.37. The SMILES string of the molecule is N#C/C(=C\C=C\c1ccccc1)C(=O)Nc1ccc(F)cc1. The summed E-state index contributed by atoms with van der Waals surface area (Å²) in [6, 6.07) is 16.7. The van der Waals surface area contributed by atoms with Gasteiger partial charge in [0, 0.05) is 5.69 Å². The minimum absolute atomic E-state index is 0.0310. The predicted octanol–water partition coefficient (Wildman–Crippen LogP) is 3.93. The molecule has 0 aliphatic heterocycles. The van der Waals surface area contributed by atoms with Crippen molar-refractivity contribution in [3.63, 3.8) is 0 Å². The van der Waals surface area contributed by atoms with E-state index in [0.29, 0.717) is 5.69 Å². The third kappa shape index (κ3) is 4.43. The number of amides is 1. The van der Waals surface area contributed by atoms with Crippen LogP contribution in [0.25, 0.3) is 6.08 Å². The molecule has 1 amide bonds. The topological polar surface area (TPSA) is 52.9 Å². The Bertz CT molecular complexity index is 741. The zero-order valence-corrected chi connectivity index (χ0v) is 11.7. The summed E-state index contributed by atoms with van der Waals surface area (Å²) in [6.45, 7) is 0. The third-order valence-corrected chi connectivity index (χ3v) is 2.82. The van der Waals surface area contributed by atoms with Gasteiger partial charge in [-0.05, 0) is 35.9 Å². The number of carbonyl (C=O) groups is 1. The molecule has 108 valence electrons. The third-order valence-electron chi connectivity index (χ3n) is 2.82. The molecule has 0 atom stereocenters. The zero-order chi connectivity index (χ0) is 15.8. The maximum Gasteiger partial charge on any atom is 0.266 e. The van der Waals surface area contributed by atoms with Crippen LogP contribution in [0.1, 0.15) is 5.56 Å². The largest absolute Gasteiger partial charge is 0.321 e. The predicted molar refractivity (Wildman–Crippen MR) is 84.2 cm³/mol. The van der Waals surface area contributed by atoms with E-state index in [-0.39, 0.29) is 11.4 Å². The van der Waals surface area contributed by atoms with Crippen LogP contribution >= 0.6 is 0 Å². The number of hydrogen-bond donors (Lipinski definition) is 1. The fourth-order valence-electron chi connectivity index (χ4n) is 1.71. The van der Waals surface area contributed by atoms with Crippen molar-refractivity contribution in [3.05, 3.63) is 83.7 Å². The van der Waals surface area contributed by atoms with E-state index in [0.717, 1.165) is 5.56 Å². The van der Waals surface area contributed by atoms with E-state index in [1.807, 2.05) is 36.4 Å². The van der Waals surface area contributed by atoms with Gasteiger partial charge < -0.3 is 5.32 Å². The second-order valence-electron chi connectivity index (χ2n) is 4.42. The van der Waals surface area contributed by atoms with E-state index in [9.17, 15) is 9.18 Å². The van der Waals surface area contributed by atoms with Crippen LogP contribution in [0.4, 0.5) is 10.1 Å². The molecule has 2 aromatic carbocycles. The van der Waals surface area contributed by atoms with Crippen LogP contribution in [0.2, 0.25) is 0 Å². The lowest BCUT2D eigenvalue weighted by Gasteiger charge is -2.03. The highest BCUT2D eigenvalue weighted by atomic mass is 19.1. The van der Waals surface area contributed by atoms with Crippen LogP contribution in [0, 0.1) is 17.1 Å². The number of rotatable bonds is 4. The summed E-state index contributed by atoms with van der Waals surface area (Å²) in [7, 11) is 0. The number of benzene rings is 2. The molecule has 0 aromatic heterocycles. The molecule has 0 unspecified atom stereocenters. The maximum atomic E-state index is 12.8. The van der Waals surface area contributed by atoms with Crippen molar-refractivity contribution in [1.82, 2.24) is 0 Å². The van der Waals surface area contributed by atoms with Gasteiger partial charge in [-0.1, -0.05) is 42.5 Å². The highest BCUT2D eigenvalue weighted by Crippen LogP contribution is 2.10. The molecule has 0 aliphatic carbocycles. The second-order valence-corrected chi connectivity index (χ2v) is 4.42. The first kappa shape index (κ1) is 15.2. The summed E-state index contributed by atoms with van der Waals surface area (Å²) in [4.78, 5) is 11.9. The van der Waals surface area contributed by atoms with Gasteiger partial charge in [-0.2, -0.15) is 5.26 Å². The summed E-state index contributed by atoms with van der Waals surface area (Å²) in [5.74, 6) is -0.924. The Labute approximate surface area is 128 Å². The van der Waals surface area contributed by atoms with Crippen LogP contribution in [0.5, 0.6) is 0 Å². The Morgan fingerprint density at radius 2 is 1.77 bits per heavy atom. The summed E-state index contributed by atoms with van der Waals surface area (Å²) in [5, 5.41) is 11.6. The van der Waals surface area contributed by atoms with E-state index in [1.165, 1.54) is 30.3 Å². The average Bonchev–Trinajstić information content (AvgIpc) is 2.54. The molecule has 2 aromatic rings. The molecule has 4 heteroatoms. The molecule has 0 aliphatic rings. The first-order valence-corrected chi connectivity index (χ1v) is 6.59. The van der Waals surface area contributed by atoms with Crippen molar-refractivity contribution >= 4 is 17.7 Å². The fraction of sp³-hybridized carbons (Fsp3) is 0. The van der Waals surface area contributed by atoms with Gasteiger partial charge in [0.25, 0.3) is 5.91 Å². The van der Waals surface area contributed by atoms with Crippen molar-refractivity contribution in [2.45, 2.75) is 0 Å². The van der Waals surface area contributed by atoms with Crippen molar-refractivity contribution in [2.75, 3.05) is 5.32 Å². The first-order chi connectivity index (χ1) is 10.7. The highest BCUT2D eigenvalue weighted by Gasteiger charge is 2.08. The summed E-state index contributed by atoms with van der Waals surface area (Å²) < 4.78 is 12.8. The van der Waals surface area contributed by atoms with E-state index < -0.39 is 5.91 Å². The molecule has 0 fully saturated rings. The second kappa shape index (κ2) is 7.55. The van der Waals surface area contributed by atoms with Gasteiger partial charge in [-0.3, -0.25) is 4.79 Å². The molecule has 0 bridgehead atoms. The number of nitrogens with zero attached hydrogens (tertiary/aromatic N) is 1. The Morgan fingerprint density at radius 3 is 2.41 bits per heavy atom. The Balaban J connectivity index is 2.05. The van der Waals surface area contributed by atoms with Gasteiger partial charge in [-0.15, -0.1) is 0 Å². The number of allylic oxidation sites excluding steroid dienone is 2. The molecule has 1 N–H and O–H groups in total. The van der Waals surface area contributed by atoms with Gasteiger partial charge in [0.1, 0.15) is 17.5 Å². The number of hydrogen-bond acceptors (Lipinski definition) is 2. The molecular weight excluding hydrogens is 279 g/mol.